The molecule has 0 aliphatic heterocycles. The number of nitrogens with one attached hydrogen (secondary N) is 1. The molecule has 0 bridgehead atoms. The maximum atomic E-state index is 5.21. The molecule has 0 fully saturated rings. The molecule has 0 saturated heterocycles. The fourth-order valence-electron chi connectivity index (χ4n) is 3.33. The monoisotopic (exact) mass is 320 g/mol. The van der Waals surface area contributed by atoms with Crippen LogP contribution in [0.15, 0.2) is 47.1 Å². The molecule has 0 spiro atoms. The molecule has 1 N–H and O–H groups in total. The van der Waals surface area contributed by atoms with E-state index in [0.717, 1.165) is 30.3 Å². The number of hydrogen-bond acceptors (Lipinski definition) is 5. The van der Waals surface area contributed by atoms with Crippen molar-refractivity contribution in [1.29, 1.82) is 0 Å². The highest BCUT2D eigenvalue weighted by Crippen LogP contribution is 2.28. The van der Waals surface area contributed by atoms with Crippen LogP contribution in [0.3, 0.4) is 0 Å². The van der Waals surface area contributed by atoms with Crippen molar-refractivity contribution in [1.82, 2.24) is 15.1 Å². The van der Waals surface area contributed by atoms with Crippen LogP contribution in [0.2, 0.25) is 0 Å². The number of nitrogens with zero attached hydrogens (tertiary/aromatic N) is 3. The smallest absolute Gasteiger partial charge is 0.258 e. The number of fused-ring (bicyclic) bond motifs is 1. The fraction of sp³-hybridized carbons (Fsp3) is 0.316. The van der Waals surface area contributed by atoms with E-state index in [9.17, 15) is 0 Å². The van der Waals surface area contributed by atoms with Crippen LogP contribution in [0.1, 0.15) is 23.4 Å². The molecular formula is C19H20N4O. The van der Waals surface area contributed by atoms with Crippen molar-refractivity contribution in [3.05, 3.63) is 59.5 Å². The molecule has 5 heteroatoms. The zero-order valence-corrected chi connectivity index (χ0v) is 13.7. The Bertz CT molecular complexity index is 818. The summed E-state index contributed by atoms with van der Waals surface area (Å²) < 4.78 is 5.21. The topological polar surface area (TPSA) is 63.8 Å². The summed E-state index contributed by atoms with van der Waals surface area (Å²) in [5.41, 5.74) is 3.91. The second kappa shape index (κ2) is 6.43. The summed E-state index contributed by atoms with van der Waals surface area (Å²) in [6.45, 7) is 2.73. The fourth-order valence-corrected chi connectivity index (χ4v) is 3.33. The number of aryl methyl sites for hydroxylation is 1. The Labute approximate surface area is 141 Å². The normalized spacial score (nSPS) is 13.9. The third-order valence-corrected chi connectivity index (χ3v) is 4.53. The number of hydrogen-bond donors (Lipinski definition) is 1. The molecule has 122 valence electrons. The van der Waals surface area contributed by atoms with Crippen LogP contribution < -0.4 is 5.32 Å². The molecule has 1 aliphatic rings. The van der Waals surface area contributed by atoms with Gasteiger partial charge in [-0.1, -0.05) is 29.4 Å². The summed E-state index contributed by atoms with van der Waals surface area (Å²) >= 11 is 0. The second-order valence-corrected chi connectivity index (χ2v) is 6.33. The molecule has 0 saturated carbocycles. The summed E-state index contributed by atoms with van der Waals surface area (Å²) in [7, 11) is 0. The van der Waals surface area contributed by atoms with Crippen molar-refractivity contribution in [2.75, 3.05) is 11.9 Å². The maximum absolute atomic E-state index is 5.21. The van der Waals surface area contributed by atoms with Gasteiger partial charge in [-0.15, -0.1) is 0 Å². The van der Waals surface area contributed by atoms with Crippen LogP contribution in [0.25, 0.3) is 11.5 Å². The Hall–Kier alpha value is -2.69. The van der Waals surface area contributed by atoms with E-state index in [2.05, 4.69) is 44.7 Å². The third-order valence-electron chi connectivity index (χ3n) is 4.53. The van der Waals surface area contributed by atoms with E-state index in [1.807, 2.05) is 19.1 Å². The van der Waals surface area contributed by atoms with E-state index < -0.39 is 0 Å². The first-order valence-corrected chi connectivity index (χ1v) is 8.35. The summed E-state index contributed by atoms with van der Waals surface area (Å²) in [5, 5.41) is 7.24. The quantitative estimate of drug-likeness (QED) is 0.777. The highest BCUT2D eigenvalue weighted by molar-refractivity contribution is 5.57. The lowest BCUT2D eigenvalue weighted by Gasteiger charge is -2.10. The molecule has 0 unspecified atom stereocenters. The van der Waals surface area contributed by atoms with Gasteiger partial charge in [-0.05, 0) is 55.4 Å². The Morgan fingerprint density at radius 2 is 1.96 bits per heavy atom. The van der Waals surface area contributed by atoms with Crippen molar-refractivity contribution in [3.8, 4) is 11.5 Å². The molecule has 0 radical (unpaired) electrons. The van der Waals surface area contributed by atoms with Crippen molar-refractivity contribution in [2.24, 2.45) is 5.92 Å². The van der Waals surface area contributed by atoms with E-state index in [1.54, 1.807) is 6.20 Å². The molecular weight excluding hydrogens is 300 g/mol. The molecule has 2 heterocycles. The molecule has 0 amide bonds. The van der Waals surface area contributed by atoms with E-state index in [-0.39, 0.29) is 0 Å². The van der Waals surface area contributed by atoms with Crippen LogP contribution in [-0.4, -0.2) is 21.7 Å². The number of aromatic nitrogens is 3. The van der Waals surface area contributed by atoms with Gasteiger partial charge >= 0.3 is 0 Å². The largest absolute Gasteiger partial charge is 0.370 e. The Kier molecular flexibility index (Phi) is 3.99. The summed E-state index contributed by atoms with van der Waals surface area (Å²) in [4.78, 5) is 8.63. The van der Waals surface area contributed by atoms with Gasteiger partial charge in [-0.25, -0.2) is 4.98 Å². The third kappa shape index (κ3) is 3.15. The van der Waals surface area contributed by atoms with Gasteiger partial charge < -0.3 is 9.84 Å². The van der Waals surface area contributed by atoms with Gasteiger partial charge in [0, 0.05) is 18.3 Å². The van der Waals surface area contributed by atoms with E-state index in [4.69, 9.17) is 4.52 Å². The first-order chi connectivity index (χ1) is 11.8. The minimum Gasteiger partial charge on any atom is -0.370 e. The second-order valence-electron chi connectivity index (χ2n) is 6.33. The Balaban J connectivity index is 1.34. The standard InChI is InChI=1S/C19H20N4O/c1-13-22-19(24-23-13)17-7-9-21-18(12-17)20-8-6-14-10-15-4-2-3-5-16(15)11-14/h2-5,7,9,12,14H,6,8,10-11H2,1H3,(H,20,21). The minimum absolute atomic E-state index is 0.532. The maximum Gasteiger partial charge on any atom is 0.258 e. The molecule has 3 aromatic rings. The summed E-state index contributed by atoms with van der Waals surface area (Å²) in [5.74, 6) is 2.73. The number of pyridine rings is 1. The summed E-state index contributed by atoms with van der Waals surface area (Å²) in [6, 6.07) is 12.6. The van der Waals surface area contributed by atoms with Gasteiger partial charge in [0.05, 0.1) is 0 Å². The van der Waals surface area contributed by atoms with E-state index in [1.165, 1.54) is 24.0 Å². The minimum atomic E-state index is 0.532. The molecule has 1 aliphatic carbocycles. The molecule has 24 heavy (non-hydrogen) atoms. The van der Waals surface area contributed by atoms with Crippen LogP contribution in [-0.2, 0) is 12.8 Å². The van der Waals surface area contributed by atoms with Crippen molar-refractivity contribution < 1.29 is 4.52 Å². The van der Waals surface area contributed by atoms with Crippen LogP contribution in [0, 0.1) is 12.8 Å². The van der Waals surface area contributed by atoms with Gasteiger partial charge in [-0.3, -0.25) is 0 Å². The van der Waals surface area contributed by atoms with Crippen molar-refractivity contribution >= 4 is 5.82 Å². The highest BCUT2D eigenvalue weighted by Gasteiger charge is 2.20. The van der Waals surface area contributed by atoms with E-state index in [0.29, 0.717) is 11.7 Å². The zero-order chi connectivity index (χ0) is 16.4. The lowest BCUT2D eigenvalue weighted by Crippen LogP contribution is -2.10. The Morgan fingerprint density at radius 1 is 1.17 bits per heavy atom. The van der Waals surface area contributed by atoms with Gasteiger partial charge in [0.15, 0.2) is 5.82 Å². The van der Waals surface area contributed by atoms with Crippen molar-refractivity contribution in [3.63, 3.8) is 0 Å². The van der Waals surface area contributed by atoms with Crippen molar-refractivity contribution in [2.45, 2.75) is 26.2 Å². The Morgan fingerprint density at radius 3 is 2.67 bits per heavy atom. The van der Waals surface area contributed by atoms with Gasteiger partial charge in [0.2, 0.25) is 0 Å². The molecule has 2 aromatic heterocycles. The van der Waals surface area contributed by atoms with Gasteiger partial charge in [-0.2, -0.15) is 4.98 Å². The first-order valence-electron chi connectivity index (χ1n) is 8.35. The summed E-state index contributed by atoms with van der Waals surface area (Å²) in [6.07, 6.45) is 5.28. The predicted molar refractivity (Wildman–Crippen MR) is 92.7 cm³/mol. The molecule has 1 aromatic carbocycles. The van der Waals surface area contributed by atoms with Crippen LogP contribution in [0.4, 0.5) is 5.82 Å². The average molecular weight is 320 g/mol. The first kappa shape index (κ1) is 14.9. The lowest BCUT2D eigenvalue weighted by atomic mass is 10.0. The van der Waals surface area contributed by atoms with Crippen LogP contribution >= 0.6 is 0 Å². The lowest BCUT2D eigenvalue weighted by molar-refractivity contribution is 0.425. The van der Waals surface area contributed by atoms with Crippen LogP contribution in [0.5, 0.6) is 0 Å². The molecule has 0 atom stereocenters. The van der Waals surface area contributed by atoms with Gasteiger partial charge in [0.25, 0.3) is 5.89 Å². The average Bonchev–Trinajstić information content (AvgIpc) is 3.21. The number of anilines is 1. The molecule has 5 nitrogen and oxygen atoms in total. The zero-order valence-electron chi connectivity index (χ0n) is 13.7. The SMILES string of the molecule is Cc1noc(-c2ccnc(NCCC3Cc4ccccc4C3)c2)n1. The molecule has 4 rings (SSSR count). The van der Waals surface area contributed by atoms with Gasteiger partial charge in [0.1, 0.15) is 5.82 Å². The van der Waals surface area contributed by atoms with E-state index >= 15 is 0 Å². The highest BCUT2D eigenvalue weighted by atomic mass is 16.5. The predicted octanol–water partition coefficient (Wildman–Crippen LogP) is 3.66. The number of benzene rings is 1. The number of rotatable bonds is 5.